The van der Waals surface area contributed by atoms with Crippen molar-refractivity contribution in [2.75, 3.05) is 39.3 Å². The van der Waals surface area contributed by atoms with E-state index in [2.05, 4.69) is 4.90 Å². The second kappa shape index (κ2) is 7.22. The van der Waals surface area contributed by atoms with Crippen molar-refractivity contribution in [3.8, 4) is 0 Å². The van der Waals surface area contributed by atoms with Crippen LogP contribution in [0.15, 0.2) is 0 Å². The minimum absolute atomic E-state index is 0.170. The third-order valence-electron chi connectivity index (χ3n) is 4.72. The molecule has 2 N–H and O–H groups in total. The van der Waals surface area contributed by atoms with E-state index in [4.69, 9.17) is 5.73 Å². The zero-order valence-corrected chi connectivity index (χ0v) is 13.3. The Morgan fingerprint density at radius 1 is 1.00 bits per heavy atom. The van der Waals surface area contributed by atoms with E-state index in [1.807, 2.05) is 13.8 Å². The van der Waals surface area contributed by atoms with Gasteiger partial charge >= 0.3 is 11.8 Å². The number of carbonyl (C=O) groups excluding carboxylic acids is 2. The molecule has 0 radical (unpaired) electrons. The van der Waals surface area contributed by atoms with Crippen molar-refractivity contribution in [3.63, 3.8) is 0 Å². The average Bonchev–Trinajstić information content (AvgIpc) is 2.47. The molecule has 2 rings (SSSR count). The molecule has 0 aromatic heterocycles. The number of amides is 2. The van der Waals surface area contributed by atoms with Gasteiger partial charge in [-0.2, -0.15) is 0 Å². The highest BCUT2D eigenvalue weighted by molar-refractivity contribution is 6.35. The van der Waals surface area contributed by atoms with Gasteiger partial charge in [0.1, 0.15) is 0 Å². The highest BCUT2D eigenvalue weighted by Gasteiger charge is 2.35. The Morgan fingerprint density at radius 3 is 2.10 bits per heavy atom. The van der Waals surface area contributed by atoms with Crippen LogP contribution in [0.2, 0.25) is 0 Å². The van der Waals surface area contributed by atoms with Crippen LogP contribution in [0.3, 0.4) is 0 Å². The topological polar surface area (TPSA) is 69.9 Å². The Bertz CT molecular complexity index is 370. The highest BCUT2D eigenvalue weighted by Crippen LogP contribution is 2.23. The van der Waals surface area contributed by atoms with Crippen molar-refractivity contribution in [3.05, 3.63) is 0 Å². The SMILES string of the molecule is CC1CCCC(C)N1C(=O)C(=O)N1CCN(CCN)CC1. The van der Waals surface area contributed by atoms with Crippen LogP contribution in [0.1, 0.15) is 33.1 Å². The second-order valence-electron chi connectivity index (χ2n) is 6.26. The molecule has 2 fully saturated rings. The summed E-state index contributed by atoms with van der Waals surface area (Å²) in [5.74, 6) is -0.648. The Hall–Kier alpha value is -1.14. The molecule has 2 unspecified atom stereocenters. The molecule has 2 heterocycles. The summed E-state index contributed by atoms with van der Waals surface area (Å²) in [6, 6.07) is 0.340. The maximum atomic E-state index is 12.5. The fraction of sp³-hybridized carbons (Fsp3) is 0.867. The molecule has 2 aliphatic heterocycles. The first-order chi connectivity index (χ1) is 10.0. The lowest BCUT2D eigenvalue weighted by Crippen LogP contribution is -2.57. The van der Waals surface area contributed by atoms with Gasteiger partial charge in [0.2, 0.25) is 0 Å². The molecule has 0 bridgehead atoms. The Morgan fingerprint density at radius 2 is 1.57 bits per heavy atom. The van der Waals surface area contributed by atoms with Gasteiger partial charge in [0.25, 0.3) is 0 Å². The van der Waals surface area contributed by atoms with Crippen molar-refractivity contribution in [2.45, 2.75) is 45.2 Å². The number of piperazine rings is 1. The summed E-state index contributed by atoms with van der Waals surface area (Å²) >= 11 is 0. The van der Waals surface area contributed by atoms with Gasteiger partial charge in [-0.25, -0.2) is 0 Å². The van der Waals surface area contributed by atoms with Crippen molar-refractivity contribution in [1.29, 1.82) is 0 Å². The monoisotopic (exact) mass is 296 g/mol. The maximum Gasteiger partial charge on any atom is 0.312 e. The quantitative estimate of drug-likeness (QED) is 0.721. The predicted octanol–water partition coefficient (Wildman–Crippen LogP) is -0.121. The fourth-order valence-electron chi connectivity index (χ4n) is 3.42. The molecule has 0 aromatic carbocycles. The molecule has 2 amide bonds. The molecule has 6 heteroatoms. The van der Waals surface area contributed by atoms with Gasteiger partial charge < -0.3 is 15.5 Å². The predicted molar refractivity (Wildman–Crippen MR) is 81.7 cm³/mol. The van der Waals surface area contributed by atoms with E-state index in [1.54, 1.807) is 9.80 Å². The van der Waals surface area contributed by atoms with E-state index in [0.717, 1.165) is 38.9 Å². The van der Waals surface area contributed by atoms with Gasteiger partial charge in [0.05, 0.1) is 0 Å². The third kappa shape index (κ3) is 3.74. The minimum Gasteiger partial charge on any atom is -0.332 e. The molecule has 0 aliphatic carbocycles. The summed E-state index contributed by atoms with van der Waals surface area (Å²) in [7, 11) is 0. The number of nitrogens with zero attached hydrogens (tertiary/aromatic N) is 3. The van der Waals surface area contributed by atoms with Crippen LogP contribution >= 0.6 is 0 Å². The first kappa shape index (κ1) is 16.2. The van der Waals surface area contributed by atoms with Crippen molar-refractivity contribution in [2.24, 2.45) is 5.73 Å². The number of nitrogens with two attached hydrogens (primary N) is 1. The molecule has 6 nitrogen and oxygen atoms in total. The first-order valence-electron chi connectivity index (χ1n) is 8.08. The van der Waals surface area contributed by atoms with Gasteiger partial charge in [-0.05, 0) is 33.1 Å². The standard InChI is InChI=1S/C15H28N4O2/c1-12-4-3-5-13(2)19(12)15(21)14(20)18-10-8-17(7-6-16)9-11-18/h12-13H,3-11,16H2,1-2H3. The van der Waals surface area contributed by atoms with Crippen molar-refractivity contribution >= 4 is 11.8 Å². The van der Waals surface area contributed by atoms with E-state index in [-0.39, 0.29) is 23.9 Å². The summed E-state index contributed by atoms with van der Waals surface area (Å²) in [5.41, 5.74) is 5.55. The van der Waals surface area contributed by atoms with E-state index in [0.29, 0.717) is 19.6 Å². The lowest BCUT2D eigenvalue weighted by atomic mass is 9.97. The normalized spacial score (nSPS) is 27.8. The number of piperidine rings is 1. The molecule has 120 valence electrons. The molecule has 0 saturated carbocycles. The van der Waals surface area contributed by atoms with Gasteiger partial charge in [0, 0.05) is 51.4 Å². The third-order valence-corrected chi connectivity index (χ3v) is 4.72. The zero-order valence-electron chi connectivity index (χ0n) is 13.3. The molecule has 2 saturated heterocycles. The lowest BCUT2D eigenvalue weighted by molar-refractivity contribution is -0.156. The van der Waals surface area contributed by atoms with Gasteiger partial charge in [0.15, 0.2) is 0 Å². The number of carbonyl (C=O) groups is 2. The minimum atomic E-state index is -0.331. The van der Waals surface area contributed by atoms with E-state index < -0.39 is 0 Å². The van der Waals surface area contributed by atoms with E-state index >= 15 is 0 Å². The molecular formula is C15H28N4O2. The summed E-state index contributed by atoms with van der Waals surface area (Å²) in [5, 5.41) is 0. The van der Waals surface area contributed by atoms with Crippen molar-refractivity contribution < 1.29 is 9.59 Å². The van der Waals surface area contributed by atoms with Gasteiger partial charge in [-0.3, -0.25) is 14.5 Å². The lowest BCUT2D eigenvalue weighted by Gasteiger charge is -2.40. The van der Waals surface area contributed by atoms with Crippen LogP contribution in [-0.2, 0) is 9.59 Å². The van der Waals surface area contributed by atoms with Gasteiger partial charge in [-0.15, -0.1) is 0 Å². The first-order valence-corrected chi connectivity index (χ1v) is 8.08. The second-order valence-corrected chi connectivity index (χ2v) is 6.26. The Labute approximate surface area is 127 Å². The molecule has 0 aromatic rings. The van der Waals surface area contributed by atoms with E-state index in [9.17, 15) is 9.59 Å². The van der Waals surface area contributed by atoms with Crippen LogP contribution in [0.5, 0.6) is 0 Å². The average molecular weight is 296 g/mol. The number of likely N-dealkylation sites (tertiary alicyclic amines) is 1. The molecule has 21 heavy (non-hydrogen) atoms. The number of hydrogen-bond donors (Lipinski definition) is 1. The molecule has 2 aliphatic rings. The summed E-state index contributed by atoms with van der Waals surface area (Å²) < 4.78 is 0. The summed E-state index contributed by atoms with van der Waals surface area (Å²) in [6.45, 7) is 8.44. The maximum absolute atomic E-state index is 12.5. The number of hydrogen-bond acceptors (Lipinski definition) is 4. The van der Waals surface area contributed by atoms with Crippen LogP contribution < -0.4 is 5.73 Å². The van der Waals surface area contributed by atoms with E-state index in [1.165, 1.54) is 0 Å². The van der Waals surface area contributed by atoms with Crippen LogP contribution in [-0.4, -0.2) is 77.9 Å². The van der Waals surface area contributed by atoms with Crippen LogP contribution in [0, 0.1) is 0 Å². The zero-order chi connectivity index (χ0) is 15.4. The Kier molecular flexibility index (Phi) is 5.58. The van der Waals surface area contributed by atoms with Crippen LogP contribution in [0.4, 0.5) is 0 Å². The smallest absolute Gasteiger partial charge is 0.312 e. The summed E-state index contributed by atoms with van der Waals surface area (Å²) in [4.78, 5) is 30.7. The largest absolute Gasteiger partial charge is 0.332 e. The number of rotatable bonds is 2. The summed E-state index contributed by atoms with van der Waals surface area (Å²) in [6.07, 6.45) is 3.12. The van der Waals surface area contributed by atoms with Crippen molar-refractivity contribution in [1.82, 2.24) is 14.7 Å². The molecular weight excluding hydrogens is 268 g/mol. The Balaban J connectivity index is 1.92. The van der Waals surface area contributed by atoms with Crippen LogP contribution in [0.25, 0.3) is 0 Å². The van der Waals surface area contributed by atoms with Gasteiger partial charge in [-0.1, -0.05) is 0 Å². The highest BCUT2D eigenvalue weighted by atomic mass is 16.2. The fourth-order valence-corrected chi connectivity index (χ4v) is 3.42. The molecule has 0 spiro atoms. The molecule has 2 atom stereocenters.